The van der Waals surface area contributed by atoms with E-state index < -0.39 is 0 Å². The molecule has 0 heterocycles. The fraction of sp³-hybridized carbons (Fsp3) is 0.125. The Hall–Kier alpha value is -3.02. The van der Waals surface area contributed by atoms with E-state index in [1.54, 1.807) is 14.2 Å². The third kappa shape index (κ3) is 2.85. The molecule has 0 fully saturated rings. The van der Waals surface area contributed by atoms with Gasteiger partial charge in [0.25, 0.3) is 0 Å². The third-order valence-electron chi connectivity index (χ3n) is 3.21. The molecule has 0 saturated heterocycles. The Balaban J connectivity index is 2.59. The maximum atomic E-state index is 5.59. The van der Waals surface area contributed by atoms with Crippen molar-refractivity contribution in [3.63, 3.8) is 0 Å². The van der Waals surface area contributed by atoms with Crippen molar-refractivity contribution in [2.45, 2.75) is 0 Å². The molecular weight excluding hydrogens is 280 g/mol. The normalized spacial score (nSPS) is 12.1. The molecule has 6 heteroatoms. The summed E-state index contributed by atoms with van der Waals surface area (Å²) in [4.78, 5) is 0. The summed E-state index contributed by atoms with van der Waals surface area (Å²) < 4.78 is 10.7. The average molecular weight is 298 g/mol. The molecule has 6 nitrogen and oxygen atoms in total. The van der Waals surface area contributed by atoms with Crippen LogP contribution in [0.15, 0.2) is 58.7 Å². The maximum Gasteiger partial charge on any atom is 0.128 e. The Labute approximate surface area is 129 Å². The minimum atomic E-state index is 0.421. The second kappa shape index (κ2) is 7.12. The van der Waals surface area contributed by atoms with Gasteiger partial charge in [0.05, 0.1) is 14.2 Å². The van der Waals surface area contributed by atoms with Gasteiger partial charge < -0.3 is 21.2 Å². The zero-order valence-electron chi connectivity index (χ0n) is 12.5. The van der Waals surface area contributed by atoms with Crippen LogP contribution in [-0.2, 0) is 0 Å². The van der Waals surface area contributed by atoms with Gasteiger partial charge in [-0.1, -0.05) is 24.3 Å². The smallest absolute Gasteiger partial charge is 0.128 e. The Morgan fingerprint density at radius 3 is 1.41 bits per heavy atom. The number of hydrogen-bond acceptors (Lipinski definition) is 6. The summed E-state index contributed by atoms with van der Waals surface area (Å²) in [5, 5.41) is 7.72. The van der Waals surface area contributed by atoms with Gasteiger partial charge in [-0.25, -0.2) is 0 Å². The first-order chi connectivity index (χ1) is 10.8. The fourth-order valence-corrected chi connectivity index (χ4v) is 2.20. The maximum absolute atomic E-state index is 5.59. The summed E-state index contributed by atoms with van der Waals surface area (Å²) >= 11 is 0. The Bertz CT molecular complexity index is 649. The van der Waals surface area contributed by atoms with Crippen LogP contribution in [0.3, 0.4) is 0 Å². The molecule has 2 aromatic rings. The molecule has 0 radical (unpaired) electrons. The minimum absolute atomic E-state index is 0.421. The van der Waals surface area contributed by atoms with E-state index >= 15 is 0 Å². The largest absolute Gasteiger partial charge is 0.496 e. The first kappa shape index (κ1) is 15.4. The highest BCUT2D eigenvalue weighted by Gasteiger charge is 2.20. The second-order valence-corrected chi connectivity index (χ2v) is 4.36. The van der Waals surface area contributed by atoms with Crippen LogP contribution in [0.5, 0.6) is 11.5 Å². The van der Waals surface area contributed by atoms with Crippen LogP contribution >= 0.6 is 0 Å². The highest BCUT2D eigenvalue weighted by Crippen LogP contribution is 2.24. The summed E-state index contributed by atoms with van der Waals surface area (Å²) in [6, 6.07) is 14.8. The highest BCUT2D eigenvalue weighted by molar-refractivity contribution is 6.54. The topological polar surface area (TPSA) is 95.2 Å². The summed E-state index contributed by atoms with van der Waals surface area (Å²) in [6.07, 6.45) is 0. The van der Waals surface area contributed by atoms with Crippen LogP contribution in [0, 0.1) is 0 Å². The standard InChI is InChI=1S/C16H18N4O2/c1-21-13-9-5-3-7-11(13)15(19-17)16(20-18)12-8-4-6-10-14(12)22-2/h3-10H,17-18H2,1-2H3. The van der Waals surface area contributed by atoms with Gasteiger partial charge in [-0.05, 0) is 24.3 Å². The van der Waals surface area contributed by atoms with E-state index in [1.165, 1.54) is 0 Å². The SMILES string of the molecule is COc1ccccc1C(=NN)C(=NN)c1ccccc1OC. The summed E-state index contributed by atoms with van der Waals surface area (Å²) in [5.74, 6) is 12.4. The van der Waals surface area contributed by atoms with E-state index in [4.69, 9.17) is 21.2 Å². The Morgan fingerprint density at radius 2 is 1.09 bits per heavy atom. The van der Waals surface area contributed by atoms with Crippen LogP contribution in [-0.4, -0.2) is 25.6 Å². The molecule has 0 unspecified atom stereocenters. The number of nitrogens with two attached hydrogens (primary N) is 2. The molecule has 0 aliphatic rings. The number of hydrogen-bond donors (Lipinski definition) is 2. The number of para-hydroxylation sites is 2. The fourth-order valence-electron chi connectivity index (χ4n) is 2.20. The van der Waals surface area contributed by atoms with Gasteiger partial charge in [-0.2, -0.15) is 10.2 Å². The van der Waals surface area contributed by atoms with Gasteiger partial charge >= 0.3 is 0 Å². The van der Waals surface area contributed by atoms with E-state index in [0.29, 0.717) is 34.0 Å². The van der Waals surface area contributed by atoms with Crippen LogP contribution in [0.4, 0.5) is 0 Å². The van der Waals surface area contributed by atoms with E-state index in [-0.39, 0.29) is 0 Å². The van der Waals surface area contributed by atoms with Crippen LogP contribution in [0.1, 0.15) is 11.1 Å². The first-order valence-electron chi connectivity index (χ1n) is 6.59. The molecular formula is C16H18N4O2. The lowest BCUT2D eigenvalue weighted by Gasteiger charge is -2.14. The predicted molar refractivity (Wildman–Crippen MR) is 87.4 cm³/mol. The number of methoxy groups -OCH3 is 2. The molecule has 0 atom stereocenters. The van der Waals surface area contributed by atoms with Crippen molar-refractivity contribution < 1.29 is 9.47 Å². The molecule has 2 aromatic carbocycles. The zero-order valence-corrected chi connectivity index (χ0v) is 12.5. The van der Waals surface area contributed by atoms with Crippen LogP contribution < -0.4 is 21.2 Å². The molecule has 0 aromatic heterocycles. The lowest BCUT2D eigenvalue weighted by atomic mass is 9.98. The van der Waals surface area contributed by atoms with Crippen molar-refractivity contribution in [3.05, 3.63) is 59.7 Å². The number of ether oxygens (including phenoxy) is 2. The zero-order chi connectivity index (χ0) is 15.9. The number of rotatable bonds is 5. The van der Waals surface area contributed by atoms with Crippen molar-refractivity contribution in [2.24, 2.45) is 21.9 Å². The predicted octanol–water partition coefficient (Wildman–Crippen LogP) is 1.73. The number of nitrogens with zero attached hydrogens (tertiary/aromatic N) is 2. The van der Waals surface area contributed by atoms with E-state index in [0.717, 1.165) is 0 Å². The van der Waals surface area contributed by atoms with Crippen molar-refractivity contribution >= 4 is 11.4 Å². The third-order valence-corrected chi connectivity index (χ3v) is 3.21. The van der Waals surface area contributed by atoms with Crippen molar-refractivity contribution in [1.82, 2.24) is 0 Å². The van der Waals surface area contributed by atoms with Gasteiger partial charge in [0, 0.05) is 11.1 Å². The van der Waals surface area contributed by atoms with Gasteiger partial charge in [-0.15, -0.1) is 0 Å². The molecule has 0 bridgehead atoms. The molecule has 0 aliphatic carbocycles. The minimum Gasteiger partial charge on any atom is -0.496 e. The molecule has 0 amide bonds. The lowest BCUT2D eigenvalue weighted by molar-refractivity contribution is 0.413. The molecule has 0 saturated carbocycles. The Kier molecular flexibility index (Phi) is 4.98. The number of hydrazone groups is 2. The van der Waals surface area contributed by atoms with Gasteiger partial charge in [-0.3, -0.25) is 0 Å². The molecule has 4 N–H and O–H groups in total. The highest BCUT2D eigenvalue weighted by atomic mass is 16.5. The summed E-state index contributed by atoms with van der Waals surface area (Å²) in [5.41, 5.74) is 2.24. The second-order valence-electron chi connectivity index (χ2n) is 4.36. The Morgan fingerprint density at radius 1 is 0.727 bits per heavy atom. The molecule has 2 rings (SSSR count). The van der Waals surface area contributed by atoms with Crippen molar-refractivity contribution in [1.29, 1.82) is 0 Å². The van der Waals surface area contributed by atoms with Gasteiger partial charge in [0.1, 0.15) is 22.9 Å². The monoisotopic (exact) mass is 298 g/mol. The summed E-state index contributed by atoms with van der Waals surface area (Å²) in [7, 11) is 3.16. The molecule has 0 aliphatic heterocycles. The van der Waals surface area contributed by atoms with Crippen LogP contribution in [0.2, 0.25) is 0 Å². The van der Waals surface area contributed by atoms with Gasteiger partial charge in [0.2, 0.25) is 0 Å². The van der Waals surface area contributed by atoms with E-state index in [9.17, 15) is 0 Å². The molecule has 22 heavy (non-hydrogen) atoms. The van der Waals surface area contributed by atoms with Gasteiger partial charge in [0.15, 0.2) is 0 Å². The van der Waals surface area contributed by atoms with Crippen LogP contribution in [0.25, 0.3) is 0 Å². The number of benzene rings is 2. The van der Waals surface area contributed by atoms with Crippen molar-refractivity contribution in [2.75, 3.05) is 14.2 Å². The molecule has 114 valence electrons. The first-order valence-corrected chi connectivity index (χ1v) is 6.59. The van der Waals surface area contributed by atoms with E-state index in [1.807, 2.05) is 48.5 Å². The quantitative estimate of drug-likeness (QED) is 0.499. The van der Waals surface area contributed by atoms with E-state index in [2.05, 4.69) is 10.2 Å². The lowest BCUT2D eigenvalue weighted by Crippen LogP contribution is -2.22. The van der Waals surface area contributed by atoms with Crippen molar-refractivity contribution in [3.8, 4) is 11.5 Å². The average Bonchev–Trinajstić information content (AvgIpc) is 2.59. The molecule has 0 spiro atoms. The summed E-state index contributed by atoms with van der Waals surface area (Å²) in [6.45, 7) is 0.